The Morgan fingerprint density at radius 1 is 0.533 bits per heavy atom. The minimum absolute atomic E-state index is 0.723. The van der Waals surface area contributed by atoms with Gasteiger partial charge in [0.2, 0.25) is 0 Å². The molecule has 214 valence electrons. The van der Waals surface area contributed by atoms with Crippen molar-refractivity contribution in [2.45, 2.75) is 0 Å². The van der Waals surface area contributed by atoms with Crippen LogP contribution in [0.25, 0.3) is 32.7 Å². The van der Waals surface area contributed by atoms with Crippen molar-refractivity contribution in [3.63, 3.8) is 0 Å². The van der Waals surface area contributed by atoms with Crippen molar-refractivity contribution in [3.8, 4) is 22.6 Å². The average molecular weight is 580 g/mol. The highest BCUT2D eigenvalue weighted by atomic mass is 16.6. The monoisotopic (exact) mass is 580 g/mol. The third kappa shape index (κ3) is 4.89. The molecule has 0 aliphatic carbocycles. The van der Waals surface area contributed by atoms with Crippen LogP contribution in [0.2, 0.25) is 0 Å². The summed E-state index contributed by atoms with van der Waals surface area (Å²) in [6.45, 7) is 0. The van der Waals surface area contributed by atoms with Crippen molar-refractivity contribution in [2.24, 2.45) is 5.10 Å². The molecule has 0 saturated heterocycles. The predicted octanol–water partition coefficient (Wildman–Crippen LogP) is 8.72. The van der Waals surface area contributed by atoms with Gasteiger partial charge in [0.1, 0.15) is 11.5 Å². The van der Waals surface area contributed by atoms with Gasteiger partial charge in [-0.05, 0) is 45.8 Å². The standard InChI is InChI=1S/C40H29BN2O2/c1-43(31-18-6-3-7-19-31)42-40(30-16-4-2-5-17-30)34-22-12-13-23-35(34)41-44-36-26-24-28-14-8-10-20-32(28)38(36)39-33-21-11-9-15-29(33)25-27-37(39)45-41/h2-27H,1H3/b42-40-. The van der Waals surface area contributed by atoms with Gasteiger partial charge in [0.25, 0.3) is 0 Å². The number of hydrogen-bond donors (Lipinski definition) is 0. The van der Waals surface area contributed by atoms with E-state index in [9.17, 15) is 0 Å². The molecule has 7 aromatic rings. The van der Waals surface area contributed by atoms with Crippen molar-refractivity contribution < 1.29 is 9.31 Å². The van der Waals surface area contributed by atoms with Crippen LogP contribution in [-0.2, 0) is 0 Å². The molecule has 1 aliphatic heterocycles. The molecule has 0 spiro atoms. The number of rotatable bonds is 5. The third-order valence-corrected chi connectivity index (χ3v) is 8.40. The molecule has 45 heavy (non-hydrogen) atoms. The van der Waals surface area contributed by atoms with Crippen LogP contribution in [0.15, 0.2) is 163 Å². The Bertz CT molecular complexity index is 2110. The summed E-state index contributed by atoms with van der Waals surface area (Å²) in [5, 5.41) is 11.6. The molecule has 0 radical (unpaired) electrons. The minimum Gasteiger partial charge on any atom is -0.521 e. The van der Waals surface area contributed by atoms with Gasteiger partial charge in [-0.1, -0.05) is 133 Å². The summed E-state index contributed by atoms with van der Waals surface area (Å²) in [4.78, 5) is 0. The zero-order valence-electron chi connectivity index (χ0n) is 24.8. The van der Waals surface area contributed by atoms with Gasteiger partial charge in [-0.25, -0.2) is 0 Å². The molecule has 0 fully saturated rings. The van der Waals surface area contributed by atoms with Crippen LogP contribution in [0.4, 0.5) is 5.69 Å². The van der Waals surface area contributed by atoms with Gasteiger partial charge in [-0.3, -0.25) is 5.01 Å². The second-order valence-corrected chi connectivity index (χ2v) is 11.1. The van der Waals surface area contributed by atoms with Gasteiger partial charge < -0.3 is 9.31 Å². The van der Waals surface area contributed by atoms with Crippen LogP contribution in [0, 0.1) is 0 Å². The van der Waals surface area contributed by atoms with Gasteiger partial charge >= 0.3 is 7.12 Å². The highest BCUT2D eigenvalue weighted by molar-refractivity contribution is 6.65. The van der Waals surface area contributed by atoms with E-state index in [4.69, 9.17) is 14.4 Å². The lowest BCUT2D eigenvalue weighted by Gasteiger charge is -2.21. The van der Waals surface area contributed by atoms with E-state index in [1.54, 1.807) is 0 Å². The smallest absolute Gasteiger partial charge is 0.521 e. The Morgan fingerprint density at radius 2 is 1.04 bits per heavy atom. The second-order valence-electron chi connectivity index (χ2n) is 11.1. The molecular formula is C40H29BN2O2. The molecule has 0 saturated carbocycles. The minimum atomic E-state index is -0.723. The summed E-state index contributed by atoms with van der Waals surface area (Å²) in [6, 6.07) is 54.0. The Labute approximate surface area is 262 Å². The van der Waals surface area contributed by atoms with E-state index in [2.05, 4.69) is 109 Å². The number of hydrazone groups is 1. The first-order valence-electron chi connectivity index (χ1n) is 15.1. The number of para-hydroxylation sites is 1. The zero-order valence-corrected chi connectivity index (χ0v) is 24.8. The van der Waals surface area contributed by atoms with Crippen LogP contribution in [-0.4, -0.2) is 19.9 Å². The molecule has 0 amide bonds. The molecule has 0 aromatic heterocycles. The summed E-state index contributed by atoms with van der Waals surface area (Å²) < 4.78 is 13.8. The largest absolute Gasteiger partial charge is 0.633 e. The zero-order chi connectivity index (χ0) is 30.2. The van der Waals surface area contributed by atoms with E-state index < -0.39 is 7.12 Å². The van der Waals surface area contributed by atoms with Crippen LogP contribution in [0.5, 0.6) is 11.5 Å². The van der Waals surface area contributed by atoms with E-state index in [1.165, 1.54) is 0 Å². The van der Waals surface area contributed by atoms with E-state index in [-0.39, 0.29) is 0 Å². The van der Waals surface area contributed by atoms with Crippen molar-refractivity contribution in [2.75, 3.05) is 12.1 Å². The topological polar surface area (TPSA) is 34.1 Å². The first-order chi connectivity index (χ1) is 22.2. The molecule has 1 aliphatic rings. The molecular weight excluding hydrogens is 551 g/mol. The van der Waals surface area contributed by atoms with Gasteiger partial charge in [0, 0.05) is 34.8 Å². The summed E-state index contributed by atoms with van der Waals surface area (Å²) in [5.74, 6) is 1.56. The van der Waals surface area contributed by atoms with E-state index in [0.717, 1.165) is 72.2 Å². The maximum atomic E-state index is 6.91. The van der Waals surface area contributed by atoms with Crippen LogP contribution < -0.4 is 19.8 Å². The van der Waals surface area contributed by atoms with E-state index >= 15 is 0 Å². The molecule has 5 heteroatoms. The molecule has 4 nitrogen and oxygen atoms in total. The predicted molar refractivity (Wildman–Crippen MR) is 187 cm³/mol. The fourth-order valence-electron chi connectivity index (χ4n) is 6.23. The Kier molecular flexibility index (Phi) is 6.77. The van der Waals surface area contributed by atoms with Crippen LogP contribution >= 0.6 is 0 Å². The third-order valence-electron chi connectivity index (χ3n) is 8.40. The molecule has 0 atom stereocenters. The fraction of sp³-hybridized carbons (Fsp3) is 0.0250. The molecule has 0 unspecified atom stereocenters. The summed E-state index contributed by atoms with van der Waals surface area (Å²) in [5.41, 5.74) is 6.73. The van der Waals surface area contributed by atoms with Gasteiger partial charge in [0.15, 0.2) is 0 Å². The highest BCUT2D eigenvalue weighted by Gasteiger charge is 2.36. The SMILES string of the molecule is CN(/N=C(/c1ccccc1)c1ccccc1B1Oc2ccc3ccccc3c2-c2c(ccc3ccccc23)O1)c1ccccc1. The van der Waals surface area contributed by atoms with Crippen molar-refractivity contribution in [1.82, 2.24) is 0 Å². The molecule has 1 heterocycles. The number of nitrogens with zero attached hydrogens (tertiary/aromatic N) is 2. The number of fused-ring (bicyclic) bond motifs is 7. The Morgan fingerprint density at radius 3 is 1.67 bits per heavy atom. The van der Waals surface area contributed by atoms with E-state index in [0.29, 0.717) is 0 Å². The molecule has 0 bridgehead atoms. The first-order valence-corrected chi connectivity index (χ1v) is 15.1. The van der Waals surface area contributed by atoms with Crippen LogP contribution in [0.1, 0.15) is 11.1 Å². The lowest BCUT2D eigenvalue weighted by Crippen LogP contribution is -2.45. The maximum Gasteiger partial charge on any atom is 0.633 e. The average Bonchev–Trinajstić information content (AvgIpc) is 3.29. The quantitative estimate of drug-likeness (QED) is 0.116. The van der Waals surface area contributed by atoms with E-state index in [1.807, 2.05) is 60.6 Å². The number of hydrogen-bond acceptors (Lipinski definition) is 4. The maximum absolute atomic E-state index is 6.91. The molecule has 7 aromatic carbocycles. The number of anilines is 1. The van der Waals surface area contributed by atoms with Crippen LogP contribution in [0.3, 0.4) is 0 Å². The van der Waals surface area contributed by atoms with Gasteiger partial charge in [0.05, 0.1) is 11.4 Å². The van der Waals surface area contributed by atoms with Gasteiger partial charge in [-0.15, -0.1) is 0 Å². The van der Waals surface area contributed by atoms with Crippen molar-refractivity contribution in [3.05, 3.63) is 169 Å². The molecule has 0 N–H and O–H groups in total. The van der Waals surface area contributed by atoms with Crippen molar-refractivity contribution >= 4 is 45.5 Å². The summed E-state index contributed by atoms with van der Waals surface area (Å²) in [6.07, 6.45) is 0. The summed E-state index contributed by atoms with van der Waals surface area (Å²) >= 11 is 0. The molecule has 8 rings (SSSR count). The number of benzene rings is 7. The highest BCUT2D eigenvalue weighted by Crippen LogP contribution is 2.47. The lowest BCUT2D eigenvalue weighted by molar-refractivity contribution is 0.448. The normalized spacial score (nSPS) is 12.6. The Balaban J connectivity index is 1.33. The second kappa shape index (κ2) is 11.4. The Hall–Kier alpha value is -5.81. The first kappa shape index (κ1) is 26.8. The van der Waals surface area contributed by atoms with Gasteiger partial charge in [-0.2, -0.15) is 5.10 Å². The van der Waals surface area contributed by atoms with Crippen molar-refractivity contribution in [1.29, 1.82) is 0 Å². The lowest BCUT2D eigenvalue weighted by atomic mass is 9.74. The fourth-order valence-corrected chi connectivity index (χ4v) is 6.23. The summed E-state index contributed by atoms with van der Waals surface area (Å²) in [7, 11) is 1.25.